The van der Waals surface area contributed by atoms with E-state index in [4.69, 9.17) is 9.47 Å². The molecule has 0 spiro atoms. The second-order valence-electron chi connectivity index (χ2n) is 5.53. The fraction of sp³-hybridized carbons (Fsp3) is 0.0500. The summed E-state index contributed by atoms with van der Waals surface area (Å²) in [6, 6.07) is 22.1. The summed E-state index contributed by atoms with van der Waals surface area (Å²) in [6.45, 7) is -0.236. The van der Waals surface area contributed by atoms with E-state index in [0.29, 0.717) is 17.2 Å². The van der Waals surface area contributed by atoms with Crippen molar-refractivity contribution >= 4 is 17.5 Å². The Morgan fingerprint density at radius 1 is 0.926 bits per heavy atom. The molecule has 3 rings (SSSR count). The zero-order valence-corrected chi connectivity index (χ0v) is 14.2. The van der Waals surface area contributed by atoms with Crippen molar-refractivity contribution in [2.24, 2.45) is 0 Å². The maximum absolute atomic E-state index is 11.8. The van der Waals surface area contributed by atoms with Crippen molar-refractivity contribution in [2.75, 3.05) is 5.32 Å². The minimum Gasteiger partial charge on any atom is -0.457 e. The molecule has 0 fully saturated rings. The molecular weight excluding hydrogens is 348 g/mol. The van der Waals surface area contributed by atoms with E-state index in [0.717, 1.165) is 0 Å². The van der Waals surface area contributed by atoms with Gasteiger partial charge in [-0.3, -0.25) is 15.4 Å². The maximum Gasteiger partial charge on any atom is 0.411 e. The molecule has 3 aromatic rings. The number of carbonyl (C=O) groups excluding carboxylic acids is 1. The Morgan fingerprint density at radius 2 is 1.59 bits per heavy atom. The number of ether oxygens (including phenoxy) is 2. The van der Waals surface area contributed by atoms with Gasteiger partial charge in [0.25, 0.3) is 5.69 Å². The highest BCUT2D eigenvalue weighted by molar-refractivity contribution is 5.84. The summed E-state index contributed by atoms with van der Waals surface area (Å²) in [5.41, 5.74) is 0.656. The predicted molar refractivity (Wildman–Crippen MR) is 99.9 cm³/mol. The molecular formula is C20H16N2O5. The number of benzene rings is 3. The largest absolute Gasteiger partial charge is 0.457 e. The van der Waals surface area contributed by atoms with Gasteiger partial charge >= 0.3 is 6.09 Å². The molecule has 0 saturated heterocycles. The molecule has 0 bridgehead atoms. The average Bonchev–Trinajstić information content (AvgIpc) is 2.68. The number of nitro groups is 1. The quantitative estimate of drug-likeness (QED) is 0.483. The third-order valence-electron chi connectivity index (χ3n) is 3.61. The third kappa shape index (κ3) is 5.05. The zero-order chi connectivity index (χ0) is 19.1. The molecule has 0 aromatic heterocycles. The van der Waals surface area contributed by atoms with Crippen molar-refractivity contribution < 1.29 is 19.2 Å². The molecule has 7 nitrogen and oxygen atoms in total. The van der Waals surface area contributed by atoms with Crippen LogP contribution < -0.4 is 10.1 Å². The van der Waals surface area contributed by atoms with Crippen LogP contribution in [0.15, 0.2) is 78.9 Å². The molecule has 0 radical (unpaired) electrons. The van der Waals surface area contributed by atoms with Gasteiger partial charge in [-0.05, 0) is 36.4 Å². The van der Waals surface area contributed by atoms with Crippen molar-refractivity contribution in [1.82, 2.24) is 0 Å². The highest BCUT2D eigenvalue weighted by Gasteiger charge is 2.17. The van der Waals surface area contributed by atoms with Crippen LogP contribution >= 0.6 is 0 Å². The number of amides is 1. The summed E-state index contributed by atoms with van der Waals surface area (Å²) in [4.78, 5) is 22.7. The Balaban J connectivity index is 1.67. The lowest BCUT2D eigenvalue weighted by molar-refractivity contribution is -0.385. The summed E-state index contributed by atoms with van der Waals surface area (Å²) in [6.07, 6.45) is -0.694. The number of carbonyl (C=O) groups is 1. The molecule has 0 heterocycles. The van der Waals surface area contributed by atoms with Crippen molar-refractivity contribution in [3.05, 3.63) is 94.5 Å². The van der Waals surface area contributed by atoms with Crippen LogP contribution in [0.1, 0.15) is 5.56 Å². The molecule has 0 saturated carbocycles. The normalized spacial score (nSPS) is 10.1. The summed E-state index contributed by atoms with van der Waals surface area (Å²) in [5.74, 6) is 0.892. The van der Waals surface area contributed by atoms with Gasteiger partial charge in [0, 0.05) is 5.69 Å². The molecule has 0 atom stereocenters. The topological polar surface area (TPSA) is 90.7 Å². The number of nitrogens with one attached hydrogen (secondary N) is 1. The minimum atomic E-state index is -0.694. The van der Waals surface area contributed by atoms with E-state index < -0.39 is 11.0 Å². The van der Waals surface area contributed by atoms with Gasteiger partial charge < -0.3 is 9.47 Å². The van der Waals surface area contributed by atoms with E-state index >= 15 is 0 Å². The van der Waals surface area contributed by atoms with E-state index in [2.05, 4.69) is 5.32 Å². The molecule has 27 heavy (non-hydrogen) atoms. The Bertz CT molecular complexity index is 930. The first-order valence-electron chi connectivity index (χ1n) is 8.11. The van der Waals surface area contributed by atoms with Gasteiger partial charge in [-0.1, -0.05) is 36.4 Å². The summed E-state index contributed by atoms with van der Waals surface area (Å²) in [7, 11) is 0. The van der Waals surface area contributed by atoms with Crippen LogP contribution in [0.25, 0.3) is 0 Å². The summed E-state index contributed by atoms with van der Waals surface area (Å²) in [5, 5.41) is 13.9. The molecule has 7 heteroatoms. The summed E-state index contributed by atoms with van der Waals surface area (Å²) < 4.78 is 10.7. The molecule has 0 aliphatic heterocycles. The van der Waals surface area contributed by atoms with Crippen LogP contribution in [0.4, 0.5) is 16.2 Å². The van der Waals surface area contributed by atoms with Gasteiger partial charge in [0.1, 0.15) is 18.1 Å². The SMILES string of the molecule is O=C(Nc1ccccc1)OCc1ccc(Oc2ccccc2)cc1[N+](=O)[O-]. The monoisotopic (exact) mass is 364 g/mol. The van der Waals surface area contributed by atoms with Crippen molar-refractivity contribution in [2.45, 2.75) is 6.61 Å². The van der Waals surface area contributed by atoms with E-state index in [1.807, 2.05) is 12.1 Å². The Kier molecular flexibility index (Phi) is 5.64. The number of nitro benzene ring substituents is 1. The van der Waals surface area contributed by atoms with Crippen molar-refractivity contribution in [1.29, 1.82) is 0 Å². The zero-order valence-electron chi connectivity index (χ0n) is 14.2. The summed E-state index contributed by atoms with van der Waals surface area (Å²) >= 11 is 0. The Hall–Kier alpha value is -3.87. The average molecular weight is 364 g/mol. The highest BCUT2D eigenvalue weighted by Crippen LogP contribution is 2.28. The second-order valence-corrected chi connectivity index (χ2v) is 5.53. The van der Waals surface area contributed by atoms with Gasteiger partial charge in [0.2, 0.25) is 0 Å². The first kappa shape index (κ1) is 17.9. The molecule has 0 unspecified atom stereocenters. The lowest BCUT2D eigenvalue weighted by Crippen LogP contribution is -2.13. The van der Waals surface area contributed by atoms with E-state index in [9.17, 15) is 14.9 Å². The second kappa shape index (κ2) is 8.48. The van der Waals surface area contributed by atoms with Crippen LogP contribution in [0.5, 0.6) is 11.5 Å². The van der Waals surface area contributed by atoms with E-state index in [-0.39, 0.29) is 17.9 Å². The number of hydrogen-bond acceptors (Lipinski definition) is 5. The van der Waals surface area contributed by atoms with Crippen LogP contribution in [0.2, 0.25) is 0 Å². The first-order chi connectivity index (χ1) is 13.1. The van der Waals surface area contributed by atoms with Gasteiger partial charge in [0.05, 0.1) is 16.6 Å². The van der Waals surface area contributed by atoms with Crippen LogP contribution in [0.3, 0.4) is 0 Å². The number of anilines is 1. The molecule has 0 aliphatic rings. The maximum atomic E-state index is 11.8. The van der Waals surface area contributed by atoms with Gasteiger partial charge in [-0.15, -0.1) is 0 Å². The smallest absolute Gasteiger partial charge is 0.411 e. The molecule has 3 aromatic carbocycles. The van der Waals surface area contributed by atoms with Gasteiger partial charge in [-0.2, -0.15) is 0 Å². The lowest BCUT2D eigenvalue weighted by atomic mass is 10.2. The number of nitrogens with zero attached hydrogens (tertiary/aromatic N) is 1. The molecule has 1 N–H and O–H groups in total. The Morgan fingerprint density at radius 3 is 2.26 bits per heavy atom. The fourth-order valence-corrected chi connectivity index (χ4v) is 2.34. The molecule has 1 amide bonds. The molecule has 136 valence electrons. The number of rotatable bonds is 6. The van der Waals surface area contributed by atoms with Gasteiger partial charge in [0.15, 0.2) is 0 Å². The first-order valence-corrected chi connectivity index (χ1v) is 8.11. The minimum absolute atomic E-state index is 0.184. The van der Waals surface area contributed by atoms with Crippen LogP contribution in [-0.2, 0) is 11.3 Å². The van der Waals surface area contributed by atoms with Crippen molar-refractivity contribution in [3.8, 4) is 11.5 Å². The standard InChI is InChI=1S/C20H16N2O5/c23-20(21-16-7-3-1-4-8-16)26-14-15-11-12-18(13-19(15)22(24)25)27-17-9-5-2-6-10-17/h1-13H,14H2,(H,21,23). The Labute approximate surface area is 155 Å². The fourth-order valence-electron chi connectivity index (χ4n) is 2.34. The highest BCUT2D eigenvalue weighted by atomic mass is 16.6. The molecule has 0 aliphatic carbocycles. The number of hydrogen-bond donors (Lipinski definition) is 1. The van der Waals surface area contributed by atoms with Crippen molar-refractivity contribution in [3.63, 3.8) is 0 Å². The lowest BCUT2D eigenvalue weighted by Gasteiger charge is -2.09. The predicted octanol–water partition coefficient (Wildman–Crippen LogP) is 5.14. The number of para-hydroxylation sites is 2. The van der Waals surface area contributed by atoms with Gasteiger partial charge in [-0.25, -0.2) is 4.79 Å². The van der Waals surface area contributed by atoms with Crippen LogP contribution in [-0.4, -0.2) is 11.0 Å². The third-order valence-corrected chi connectivity index (χ3v) is 3.61. The van der Waals surface area contributed by atoms with E-state index in [1.165, 1.54) is 12.1 Å². The van der Waals surface area contributed by atoms with E-state index in [1.54, 1.807) is 54.6 Å². The van der Waals surface area contributed by atoms with Crippen LogP contribution in [0, 0.1) is 10.1 Å².